The first-order valence-electron chi connectivity index (χ1n) is 3.74. The van der Waals surface area contributed by atoms with E-state index in [1.54, 1.807) is 0 Å². The molecule has 0 aliphatic heterocycles. The van der Waals surface area contributed by atoms with Crippen molar-refractivity contribution in [2.24, 2.45) is 0 Å². The highest BCUT2D eigenvalue weighted by Crippen LogP contribution is 2.28. The van der Waals surface area contributed by atoms with E-state index in [2.05, 4.69) is 20.9 Å². The van der Waals surface area contributed by atoms with Gasteiger partial charge in [-0.2, -0.15) is 0 Å². The molecule has 0 fully saturated rings. The molecule has 0 atom stereocenters. The lowest BCUT2D eigenvalue weighted by Gasteiger charge is -2.08. The zero-order valence-electron chi connectivity index (χ0n) is 7.18. The number of rotatable bonds is 3. The molecule has 15 heavy (non-hydrogen) atoms. The third-order valence-corrected chi connectivity index (χ3v) is 2.49. The summed E-state index contributed by atoms with van der Waals surface area (Å²) in [6.45, 7) is 0. The summed E-state index contributed by atoms with van der Waals surface area (Å²) in [5.41, 5.74) is -0.992. The molecule has 0 aliphatic carbocycles. The Balaban J connectivity index is 3.42. The fraction of sp³-hybridized carbons (Fsp3) is 0.250. The Labute approximate surface area is 97.2 Å². The molecule has 0 radical (unpaired) electrons. The number of alkyl halides is 3. The summed E-state index contributed by atoms with van der Waals surface area (Å²) in [5.74, 6) is -1.51. The van der Waals surface area contributed by atoms with Crippen molar-refractivity contribution >= 4 is 33.5 Å². The fourth-order valence-electron chi connectivity index (χ4n) is 1.04. The quantitative estimate of drug-likeness (QED) is 0.688. The molecule has 0 amide bonds. The van der Waals surface area contributed by atoms with Gasteiger partial charge >= 0.3 is 5.97 Å². The number of halogens is 4. The summed E-state index contributed by atoms with van der Waals surface area (Å²) in [6, 6.07) is 1.02. The number of pyridine rings is 1. The van der Waals surface area contributed by atoms with E-state index >= 15 is 0 Å². The lowest BCUT2D eigenvalue weighted by atomic mass is 10.1. The fourth-order valence-corrected chi connectivity index (χ4v) is 1.62. The van der Waals surface area contributed by atoms with Gasteiger partial charge in [-0.3, -0.25) is 0 Å². The highest BCUT2D eigenvalue weighted by atomic mass is 79.9. The summed E-state index contributed by atoms with van der Waals surface area (Å²) in [5, 5.41) is 8.50. The minimum atomic E-state index is -2.89. The molecule has 0 bridgehead atoms. The van der Waals surface area contributed by atoms with Crippen LogP contribution in [-0.2, 0) is 5.33 Å². The smallest absolute Gasteiger partial charge is 0.339 e. The first-order chi connectivity index (χ1) is 6.97. The van der Waals surface area contributed by atoms with Gasteiger partial charge in [0.1, 0.15) is 10.7 Å². The van der Waals surface area contributed by atoms with E-state index in [0.717, 1.165) is 6.07 Å². The molecule has 0 saturated carbocycles. The van der Waals surface area contributed by atoms with Crippen molar-refractivity contribution in [3.63, 3.8) is 0 Å². The largest absolute Gasteiger partial charge is 0.478 e. The van der Waals surface area contributed by atoms with E-state index in [1.165, 1.54) is 0 Å². The van der Waals surface area contributed by atoms with Crippen LogP contribution in [0.4, 0.5) is 8.78 Å². The van der Waals surface area contributed by atoms with Crippen LogP contribution in [0.15, 0.2) is 6.07 Å². The molecular formula is C8H5BrClF2NO2. The standard InChI is InChI=1S/C8H5BrClF2NO2/c9-2-3-1-4(7(11)12)5(8(14)15)6(10)13-3/h1,7H,2H2,(H,14,15). The van der Waals surface area contributed by atoms with Gasteiger partial charge in [0.25, 0.3) is 6.43 Å². The van der Waals surface area contributed by atoms with Crippen molar-refractivity contribution in [1.82, 2.24) is 4.98 Å². The number of carboxylic acid groups (broad SMARTS) is 1. The normalized spacial score (nSPS) is 10.7. The van der Waals surface area contributed by atoms with E-state index in [0.29, 0.717) is 0 Å². The van der Waals surface area contributed by atoms with Gasteiger partial charge in [-0.1, -0.05) is 27.5 Å². The van der Waals surface area contributed by atoms with E-state index in [-0.39, 0.29) is 11.0 Å². The average Bonchev–Trinajstić information content (AvgIpc) is 2.15. The lowest BCUT2D eigenvalue weighted by Crippen LogP contribution is -2.07. The number of hydrogen-bond acceptors (Lipinski definition) is 2. The van der Waals surface area contributed by atoms with Gasteiger partial charge < -0.3 is 5.11 Å². The summed E-state index contributed by atoms with van der Waals surface area (Å²) in [4.78, 5) is 14.3. The van der Waals surface area contributed by atoms with Crippen molar-refractivity contribution in [2.75, 3.05) is 0 Å². The van der Waals surface area contributed by atoms with Crippen LogP contribution in [0.1, 0.15) is 28.0 Å². The second-order valence-electron chi connectivity index (χ2n) is 2.61. The Hall–Kier alpha value is -0.750. The molecular weight excluding hydrogens is 295 g/mol. The van der Waals surface area contributed by atoms with Gasteiger partial charge in [0.15, 0.2) is 0 Å². The molecule has 0 aliphatic rings. The van der Waals surface area contributed by atoms with Crippen molar-refractivity contribution in [3.8, 4) is 0 Å². The number of nitrogens with zero attached hydrogens (tertiary/aromatic N) is 1. The minimum Gasteiger partial charge on any atom is -0.478 e. The molecule has 1 aromatic heterocycles. The van der Waals surface area contributed by atoms with Gasteiger partial charge in [-0.05, 0) is 6.07 Å². The number of hydrogen-bond donors (Lipinski definition) is 1. The third-order valence-electron chi connectivity index (χ3n) is 1.64. The van der Waals surface area contributed by atoms with Gasteiger partial charge in [0.2, 0.25) is 0 Å². The minimum absolute atomic E-state index is 0.229. The van der Waals surface area contributed by atoms with Gasteiger partial charge in [0.05, 0.1) is 5.69 Å². The Morgan fingerprint density at radius 2 is 2.27 bits per heavy atom. The zero-order valence-corrected chi connectivity index (χ0v) is 9.52. The van der Waals surface area contributed by atoms with Crippen molar-refractivity contribution in [1.29, 1.82) is 0 Å². The molecule has 7 heteroatoms. The van der Waals surface area contributed by atoms with Crippen molar-refractivity contribution in [2.45, 2.75) is 11.8 Å². The molecule has 1 N–H and O–H groups in total. The first-order valence-corrected chi connectivity index (χ1v) is 5.24. The topological polar surface area (TPSA) is 50.2 Å². The first kappa shape index (κ1) is 12.3. The Morgan fingerprint density at radius 1 is 1.67 bits per heavy atom. The van der Waals surface area contributed by atoms with Crippen molar-refractivity contribution < 1.29 is 18.7 Å². The summed E-state index contributed by atoms with van der Waals surface area (Å²) < 4.78 is 25.0. The molecule has 82 valence electrons. The van der Waals surface area contributed by atoms with Crippen LogP contribution in [0.25, 0.3) is 0 Å². The van der Waals surface area contributed by atoms with Crippen molar-refractivity contribution in [3.05, 3.63) is 28.0 Å². The van der Waals surface area contributed by atoms with Crippen LogP contribution in [0, 0.1) is 0 Å². The van der Waals surface area contributed by atoms with E-state index in [4.69, 9.17) is 16.7 Å². The van der Waals surface area contributed by atoms with E-state index < -0.39 is 28.7 Å². The number of carbonyl (C=O) groups is 1. The number of aromatic carboxylic acids is 1. The molecule has 3 nitrogen and oxygen atoms in total. The average molecular weight is 300 g/mol. The summed E-state index contributed by atoms with van der Waals surface area (Å²) in [7, 11) is 0. The molecule has 0 unspecified atom stereocenters. The Bertz CT molecular complexity index is 400. The van der Waals surface area contributed by atoms with Crippen LogP contribution >= 0.6 is 27.5 Å². The van der Waals surface area contributed by atoms with Crippen LogP contribution in [-0.4, -0.2) is 16.1 Å². The van der Waals surface area contributed by atoms with Crippen LogP contribution in [0.5, 0.6) is 0 Å². The van der Waals surface area contributed by atoms with Gasteiger partial charge in [-0.15, -0.1) is 0 Å². The van der Waals surface area contributed by atoms with Crippen LogP contribution in [0.2, 0.25) is 5.15 Å². The van der Waals surface area contributed by atoms with E-state index in [9.17, 15) is 13.6 Å². The van der Waals surface area contributed by atoms with Gasteiger partial charge in [0, 0.05) is 10.9 Å². The maximum atomic E-state index is 12.5. The second-order valence-corrected chi connectivity index (χ2v) is 3.53. The maximum Gasteiger partial charge on any atom is 0.339 e. The predicted molar refractivity (Wildman–Crippen MR) is 53.8 cm³/mol. The SMILES string of the molecule is O=C(O)c1c(C(F)F)cc(CBr)nc1Cl. The van der Waals surface area contributed by atoms with Gasteiger partial charge in [-0.25, -0.2) is 18.6 Å². The molecule has 1 aromatic rings. The number of carboxylic acids is 1. The molecule has 0 spiro atoms. The second kappa shape index (κ2) is 4.85. The molecule has 0 saturated heterocycles. The van der Waals surface area contributed by atoms with E-state index in [1.807, 2.05) is 0 Å². The lowest BCUT2D eigenvalue weighted by molar-refractivity contribution is 0.0684. The summed E-state index contributed by atoms with van der Waals surface area (Å²) >= 11 is 8.53. The highest BCUT2D eigenvalue weighted by Gasteiger charge is 2.23. The predicted octanol–water partition coefficient (Wildman–Crippen LogP) is 3.27. The van der Waals surface area contributed by atoms with Crippen LogP contribution < -0.4 is 0 Å². The molecule has 0 aromatic carbocycles. The van der Waals surface area contributed by atoms with Crippen LogP contribution in [0.3, 0.4) is 0 Å². The monoisotopic (exact) mass is 299 g/mol. The third kappa shape index (κ3) is 2.63. The Morgan fingerprint density at radius 3 is 2.67 bits per heavy atom. The molecule has 1 rings (SSSR count). The zero-order chi connectivity index (χ0) is 11.6. The Kier molecular flexibility index (Phi) is 3.98. The molecule has 1 heterocycles. The maximum absolute atomic E-state index is 12.5. The number of aromatic nitrogens is 1. The highest BCUT2D eigenvalue weighted by molar-refractivity contribution is 9.08. The summed E-state index contributed by atoms with van der Waals surface area (Å²) in [6.07, 6.45) is -2.89.